The number of nitrogens with two attached hydrogens (primary N) is 1. The third-order valence-electron chi connectivity index (χ3n) is 4.88. The molecule has 1 heterocycles. The van der Waals surface area contributed by atoms with E-state index in [0.717, 1.165) is 11.3 Å². The van der Waals surface area contributed by atoms with Gasteiger partial charge in [0, 0.05) is 24.2 Å². The van der Waals surface area contributed by atoms with Crippen LogP contribution in [-0.4, -0.2) is 47.4 Å². The molecule has 0 amide bonds. The molecular formula is C18H24N4O5S. The zero-order valence-electron chi connectivity index (χ0n) is 15.2. The van der Waals surface area contributed by atoms with Crippen LogP contribution in [0.3, 0.4) is 0 Å². The smallest absolute Gasteiger partial charge is 0.333 e. The van der Waals surface area contributed by atoms with E-state index in [9.17, 15) is 18.6 Å². The molecule has 5 N–H and O–H groups in total. The van der Waals surface area contributed by atoms with Crippen LogP contribution < -0.4 is 10.5 Å². The Kier molecular flexibility index (Phi) is 6.57. The first-order chi connectivity index (χ1) is 13.3. The topological polar surface area (TPSA) is 148 Å². The van der Waals surface area contributed by atoms with Gasteiger partial charge in [-0.05, 0) is 24.3 Å². The number of nitrogens with one attached hydrogen (secondary N) is 1. The van der Waals surface area contributed by atoms with Gasteiger partial charge in [-0.3, -0.25) is 4.18 Å². The SMILES string of the molecule is NS(=O)(=O)OC[C@H]1C[C@@H](Cc2cc(NCc3ccccc3)ncn2)[C@H](O)[C@@H]1O. The summed E-state index contributed by atoms with van der Waals surface area (Å²) in [6, 6.07) is 11.7. The van der Waals surface area contributed by atoms with Crippen molar-refractivity contribution < 1.29 is 22.8 Å². The molecule has 3 rings (SSSR count). The normalized spacial score (nSPS) is 25.0. The van der Waals surface area contributed by atoms with E-state index < -0.39 is 28.4 Å². The highest BCUT2D eigenvalue weighted by Crippen LogP contribution is 2.34. The van der Waals surface area contributed by atoms with Crippen molar-refractivity contribution in [1.29, 1.82) is 0 Å². The van der Waals surface area contributed by atoms with Gasteiger partial charge in [-0.15, -0.1) is 0 Å². The monoisotopic (exact) mass is 408 g/mol. The highest BCUT2D eigenvalue weighted by Gasteiger charge is 2.42. The van der Waals surface area contributed by atoms with Gasteiger partial charge in [0.25, 0.3) is 0 Å². The standard InChI is InChI=1S/C18H24N4O5S/c19-28(25,26)27-10-14-6-13(17(23)18(14)24)7-15-8-16(22-11-21-15)20-9-12-4-2-1-3-5-12/h1-5,8,11,13-14,17-18,23-24H,6-7,9-10H2,(H2,19,25,26)(H,20,21,22)/t13-,14+,17-,18+/m0/s1. The maximum atomic E-state index is 10.9. The third-order valence-corrected chi connectivity index (χ3v) is 5.34. The van der Waals surface area contributed by atoms with E-state index in [0.29, 0.717) is 25.2 Å². The molecule has 0 aliphatic heterocycles. The van der Waals surface area contributed by atoms with Gasteiger partial charge in [0.2, 0.25) is 0 Å². The second kappa shape index (κ2) is 8.93. The fourth-order valence-corrected chi connectivity index (χ4v) is 3.81. The molecule has 4 atom stereocenters. The van der Waals surface area contributed by atoms with Crippen molar-refractivity contribution in [2.75, 3.05) is 11.9 Å². The van der Waals surface area contributed by atoms with Crippen molar-refractivity contribution in [3.63, 3.8) is 0 Å². The molecule has 1 aromatic heterocycles. The van der Waals surface area contributed by atoms with Crippen molar-refractivity contribution in [3.8, 4) is 0 Å². The Balaban J connectivity index is 1.58. The lowest BCUT2D eigenvalue weighted by molar-refractivity contribution is -0.00332. The van der Waals surface area contributed by atoms with Gasteiger partial charge in [-0.2, -0.15) is 8.42 Å². The number of benzene rings is 1. The van der Waals surface area contributed by atoms with Crippen LogP contribution in [0.2, 0.25) is 0 Å². The molecule has 1 aromatic carbocycles. The minimum Gasteiger partial charge on any atom is -0.390 e. The second-order valence-corrected chi connectivity index (χ2v) is 8.17. The van der Waals surface area contributed by atoms with Crippen LogP contribution in [-0.2, 0) is 27.5 Å². The molecular weight excluding hydrogens is 384 g/mol. The zero-order valence-corrected chi connectivity index (χ0v) is 16.0. The fraction of sp³-hybridized carbons (Fsp3) is 0.444. The highest BCUT2D eigenvalue weighted by molar-refractivity contribution is 7.84. The Hall–Kier alpha value is -2.11. The van der Waals surface area contributed by atoms with Crippen LogP contribution in [0.4, 0.5) is 5.82 Å². The molecule has 28 heavy (non-hydrogen) atoms. The van der Waals surface area contributed by atoms with Gasteiger partial charge >= 0.3 is 10.3 Å². The molecule has 1 aliphatic rings. The molecule has 152 valence electrons. The summed E-state index contributed by atoms with van der Waals surface area (Å²) in [6.07, 6.45) is 0.192. The van der Waals surface area contributed by atoms with Gasteiger partial charge in [-0.25, -0.2) is 15.1 Å². The van der Waals surface area contributed by atoms with Crippen molar-refractivity contribution in [2.45, 2.75) is 31.6 Å². The van der Waals surface area contributed by atoms with Crippen LogP contribution in [0.1, 0.15) is 17.7 Å². The van der Waals surface area contributed by atoms with E-state index in [4.69, 9.17) is 5.14 Å². The Morgan fingerprint density at radius 2 is 1.86 bits per heavy atom. The Morgan fingerprint density at radius 1 is 1.14 bits per heavy atom. The van der Waals surface area contributed by atoms with E-state index >= 15 is 0 Å². The Morgan fingerprint density at radius 3 is 2.57 bits per heavy atom. The van der Waals surface area contributed by atoms with Gasteiger partial charge < -0.3 is 15.5 Å². The molecule has 10 heteroatoms. The van der Waals surface area contributed by atoms with Gasteiger partial charge in [0.15, 0.2) is 0 Å². The van der Waals surface area contributed by atoms with Crippen LogP contribution in [0.5, 0.6) is 0 Å². The van der Waals surface area contributed by atoms with Crippen molar-refractivity contribution >= 4 is 16.1 Å². The molecule has 0 radical (unpaired) electrons. The summed E-state index contributed by atoms with van der Waals surface area (Å²) in [5.74, 6) is -0.132. The molecule has 0 unspecified atom stereocenters. The average molecular weight is 408 g/mol. The Labute approximate surface area is 163 Å². The van der Waals surface area contributed by atoms with Crippen LogP contribution in [0.25, 0.3) is 0 Å². The van der Waals surface area contributed by atoms with E-state index in [-0.39, 0.29) is 12.5 Å². The van der Waals surface area contributed by atoms with Crippen LogP contribution in [0.15, 0.2) is 42.7 Å². The number of hydrogen-bond donors (Lipinski definition) is 4. The lowest BCUT2D eigenvalue weighted by Gasteiger charge is -2.17. The van der Waals surface area contributed by atoms with Gasteiger partial charge in [-0.1, -0.05) is 30.3 Å². The van der Waals surface area contributed by atoms with Crippen LogP contribution in [0, 0.1) is 11.8 Å². The summed E-state index contributed by atoms with van der Waals surface area (Å²) in [5.41, 5.74) is 1.84. The molecule has 0 saturated heterocycles. The first-order valence-electron chi connectivity index (χ1n) is 8.94. The number of aliphatic hydroxyl groups excluding tert-OH is 2. The van der Waals surface area contributed by atoms with Crippen molar-refractivity contribution in [2.24, 2.45) is 17.0 Å². The zero-order chi connectivity index (χ0) is 20.1. The highest BCUT2D eigenvalue weighted by atomic mass is 32.2. The maximum absolute atomic E-state index is 10.9. The van der Waals surface area contributed by atoms with Crippen molar-refractivity contribution in [3.05, 3.63) is 54.0 Å². The van der Waals surface area contributed by atoms with E-state index in [1.54, 1.807) is 6.07 Å². The predicted molar refractivity (Wildman–Crippen MR) is 102 cm³/mol. The number of aromatic nitrogens is 2. The third kappa shape index (κ3) is 5.69. The minimum atomic E-state index is -4.09. The largest absolute Gasteiger partial charge is 0.390 e. The lowest BCUT2D eigenvalue weighted by Crippen LogP contribution is -2.31. The molecule has 0 spiro atoms. The van der Waals surface area contributed by atoms with Crippen LogP contribution >= 0.6 is 0 Å². The quantitative estimate of drug-likeness (QED) is 0.484. The van der Waals surface area contributed by atoms with Gasteiger partial charge in [0.05, 0.1) is 18.8 Å². The number of rotatable bonds is 8. The maximum Gasteiger partial charge on any atom is 0.333 e. The Bertz CT molecular complexity index is 881. The van der Waals surface area contributed by atoms with E-state index in [2.05, 4.69) is 19.5 Å². The number of hydrogen-bond acceptors (Lipinski definition) is 8. The molecule has 9 nitrogen and oxygen atoms in total. The van der Waals surface area contributed by atoms with Crippen molar-refractivity contribution in [1.82, 2.24) is 9.97 Å². The van der Waals surface area contributed by atoms with E-state index in [1.807, 2.05) is 30.3 Å². The molecule has 1 saturated carbocycles. The summed E-state index contributed by atoms with van der Waals surface area (Å²) in [7, 11) is -4.09. The van der Waals surface area contributed by atoms with Gasteiger partial charge in [0.1, 0.15) is 12.1 Å². The average Bonchev–Trinajstić information content (AvgIpc) is 2.93. The number of nitrogens with zero attached hydrogens (tertiary/aromatic N) is 2. The predicted octanol–water partition coefficient (Wildman–Crippen LogP) is 0.209. The number of aliphatic hydroxyl groups is 2. The second-order valence-electron chi connectivity index (χ2n) is 6.95. The summed E-state index contributed by atoms with van der Waals surface area (Å²) in [6.45, 7) is 0.357. The first-order valence-corrected chi connectivity index (χ1v) is 10.4. The summed E-state index contributed by atoms with van der Waals surface area (Å²) in [5, 5.41) is 28.5. The summed E-state index contributed by atoms with van der Waals surface area (Å²) >= 11 is 0. The summed E-state index contributed by atoms with van der Waals surface area (Å²) < 4.78 is 26.4. The number of anilines is 1. The summed E-state index contributed by atoms with van der Waals surface area (Å²) in [4.78, 5) is 8.44. The minimum absolute atomic E-state index is 0.263. The fourth-order valence-electron chi connectivity index (χ4n) is 3.44. The first kappa shape index (κ1) is 20.6. The lowest BCUT2D eigenvalue weighted by atomic mass is 9.98. The molecule has 1 aliphatic carbocycles. The molecule has 2 aromatic rings. The molecule has 0 bridgehead atoms. The van der Waals surface area contributed by atoms with E-state index in [1.165, 1.54) is 6.33 Å². The molecule has 1 fully saturated rings.